The molecule has 0 aliphatic carbocycles. The molecule has 0 aliphatic rings. The number of rotatable bonds is 2. The molecule has 18 heavy (non-hydrogen) atoms. The predicted molar refractivity (Wildman–Crippen MR) is 70.0 cm³/mol. The van der Waals surface area contributed by atoms with E-state index in [4.69, 9.17) is 11.6 Å². The molecule has 0 saturated carbocycles. The van der Waals surface area contributed by atoms with Gasteiger partial charge in [0.15, 0.2) is 5.82 Å². The molecule has 0 saturated heterocycles. The van der Waals surface area contributed by atoms with Gasteiger partial charge in [-0.2, -0.15) is 5.10 Å². The van der Waals surface area contributed by atoms with E-state index in [0.717, 1.165) is 10.2 Å². The molecular weight excluding hydrogens is 272 g/mol. The number of thiophene rings is 1. The highest BCUT2D eigenvalue weighted by Crippen LogP contribution is 2.24. The Morgan fingerprint density at radius 1 is 1.33 bits per heavy atom. The molecule has 0 atom stereocenters. The quantitative estimate of drug-likeness (QED) is 0.672. The maximum atomic E-state index is 11.5. The molecule has 0 spiro atoms. The number of fused-ring (bicyclic) bond motifs is 1. The van der Waals surface area contributed by atoms with Crippen molar-refractivity contribution in [2.75, 3.05) is 0 Å². The Bertz CT molecular complexity index is 767. The smallest absolute Gasteiger partial charge is 0.267 e. The Morgan fingerprint density at radius 2 is 2.22 bits per heavy atom. The van der Waals surface area contributed by atoms with Crippen LogP contribution in [0.25, 0.3) is 10.2 Å². The van der Waals surface area contributed by atoms with Gasteiger partial charge in [0.2, 0.25) is 0 Å². The van der Waals surface area contributed by atoms with Crippen LogP contribution in [0.1, 0.15) is 5.82 Å². The van der Waals surface area contributed by atoms with Gasteiger partial charge in [-0.05, 0) is 17.5 Å². The summed E-state index contributed by atoms with van der Waals surface area (Å²) in [4.78, 5) is 20.9. The molecule has 3 aromatic rings. The summed E-state index contributed by atoms with van der Waals surface area (Å²) in [5, 5.41) is 7.10. The first-order valence-electron chi connectivity index (χ1n) is 5.16. The monoisotopic (exact) mass is 278 g/mol. The van der Waals surface area contributed by atoms with Gasteiger partial charge < -0.3 is 0 Å². The molecule has 0 fully saturated rings. The molecule has 0 radical (unpaired) electrons. The van der Waals surface area contributed by atoms with E-state index in [9.17, 15) is 4.79 Å². The van der Waals surface area contributed by atoms with E-state index in [-0.39, 0.29) is 12.1 Å². The predicted octanol–water partition coefficient (Wildman–Crippen LogP) is 1.95. The first kappa shape index (κ1) is 11.3. The van der Waals surface area contributed by atoms with Gasteiger partial charge in [-0.1, -0.05) is 11.6 Å². The van der Waals surface area contributed by atoms with Crippen molar-refractivity contribution in [1.29, 1.82) is 0 Å². The molecule has 0 aliphatic heterocycles. The first-order valence-corrected chi connectivity index (χ1v) is 6.41. The van der Waals surface area contributed by atoms with Gasteiger partial charge in [0, 0.05) is 17.6 Å². The second-order valence-electron chi connectivity index (χ2n) is 3.59. The fraction of sp³-hybridized carbons (Fsp3) is 0.0909. The molecule has 0 N–H and O–H groups in total. The van der Waals surface area contributed by atoms with Crippen LogP contribution in [0.2, 0.25) is 5.15 Å². The molecular formula is C11H7ClN4OS. The third kappa shape index (κ3) is 2.00. The highest BCUT2D eigenvalue weighted by Gasteiger charge is 2.08. The fourth-order valence-electron chi connectivity index (χ4n) is 1.57. The van der Waals surface area contributed by atoms with Crippen LogP contribution in [0.4, 0.5) is 0 Å². The average molecular weight is 279 g/mol. The fourth-order valence-corrected chi connectivity index (χ4v) is 2.66. The van der Waals surface area contributed by atoms with Gasteiger partial charge in [-0.15, -0.1) is 11.3 Å². The van der Waals surface area contributed by atoms with Crippen LogP contribution in [0, 0.1) is 0 Å². The topological polar surface area (TPSA) is 60.7 Å². The van der Waals surface area contributed by atoms with Crippen LogP contribution in [0.5, 0.6) is 0 Å². The highest BCUT2D eigenvalue weighted by atomic mass is 35.5. The summed E-state index contributed by atoms with van der Waals surface area (Å²) in [5.74, 6) is 0.482. The second kappa shape index (κ2) is 4.47. The zero-order chi connectivity index (χ0) is 12.5. The zero-order valence-corrected chi connectivity index (χ0v) is 10.6. The number of halogens is 1. The van der Waals surface area contributed by atoms with Crippen molar-refractivity contribution < 1.29 is 0 Å². The molecule has 0 bridgehead atoms. The molecule has 90 valence electrons. The lowest BCUT2D eigenvalue weighted by Crippen LogP contribution is -2.22. The number of hydrogen-bond acceptors (Lipinski definition) is 5. The lowest BCUT2D eigenvalue weighted by atomic mass is 10.4. The average Bonchev–Trinajstić information content (AvgIpc) is 2.81. The number of nitrogens with zero attached hydrogens (tertiary/aromatic N) is 4. The van der Waals surface area contributed by atoms with Gasteiger partial charge in [0.1, 0.15) is 16.5 Å². The molecule has 3 aromatic heterocycles. The summed E-state index contributed by atoms with van der Waals surface area (Å²) < 4.78 is 1.30. The van der Waals surface area contributed by atoms with E-state index in [1.165, 1.54) is 22.1 Å². The summed E-state index contributed by atoms with van der Waals surface area (Å²) in [7, 11) is 0. The molecule has 7 heteroatoms. The van der Waals surface area contributed by atoms with Crippen LogP contribution in [0.15, 0.2) is 34.6 Å². The molecule has 3 rings (SSSR count). The largest absolute Gasteiger partial charge is 0.268 e. The second-order valence-corrected chi connectivity index (χ2v) is 4.84. The van der Waals surface area contributed by atoms with Gasteiger partial charge in [0.05, 0.1) is 0 Å². The Morgan fingerprint density at radius 3 is 3.06 bits per heavy atom. The van der Waals surface area contributed by atoms with Gasteiger partial charge in [0.25, 0.3) is 5.56 Å². The van der Waals surface area contributed by atoms with Crippen molar-refractivity contribution in [2.45, 2.75) is 6.54 Å². The van der Waals surface area contributed by atoms with E-state index in [1.54, 1.807) is 12.3 Å². The summed E-state index contributed by atoms with van der Waals surface area (Å²) in [6, 6.07) is 4.91. The summed E-state index contributed by atoms with van der Waals surface area (Å²) in [5.41, 5.74) is -0.191. The molecule has 5 nitrogen and oxygen atoms in total. The summed E-state index contributed by atoms with van der Waals surface area (Å²) in [6.45, 7) is 0.216. The van der Waals surface area contributed by atoms with Crippen LogP contribution < -0.4 is 5.56 Å². The van der Waals surface area contributed by atoms with Crippen LogP contribution in [0.3, 0.4) is 0 Å². The maximum absolute atomic E-state index is 11.5. The molecule has 0 aromatic carbocycles. The Labute approximate surface area is 111 Å². The minimum absolute atomic E-state index is 0.191. The highest BCUT2D eigenvalue weighted by molar-refractivity contribution is 7.16. The van der Waals surface area contributed by atoms with Crippen molar-refractivity contribution in [1.82, 2.24) is 19.7 Å². The van der Waals surface area contributed by atoms with Crippen LogP contribution in [-0.2, 0) is 6.54 Å². The van der Waals surface area contributed by atoms with Crippen molar-refractivity contribution >= 4 is 33.2 Å². The first-order chi connectivity index (χ1) is 8.74. The van der Waals surface area contributed by atoms with Crippen molar-refractivity contribution in [3.63, 3.8) is 0 Å². The summed E-state index contributed by atoms with van der Waals surface area (Å²) in [6.07, 6.45) is 1.55. The molecule has 3 heterocycles. The summed E-state index contributed by atoms with van der Waals surface area (Å²) >= 11 is 7.54. The molecule has 0 amide bonds. The van der Waals surface area contributed by atoms with E-state index in [0.29, 0.717) is 11.0 Å². The third-order valence-electron chi connectivity index (χ3n) is 2.40. The van der Waals surface area contributed by atoms with Gasteiger partial charge >= 0.3 is 0 Å². The Hall–Kier alpha value is -1.79. The minimum Gasteiger partial charge on any atom is -0.268 e. The van der Waals surface area contributed by atoms with Crippen LogP contribution >= 0.6 is 22.9 Å². The van der Waals surface area contributed by atoms with E-state index < -0.39 is 0 Å². The van der Waals surface area contributed by atoms with Gasteiger partial charge in [-0.25, -0.2) is 14.6 Å². The van der Waals surface area contributed by atoms with Crippen molar-refractivity contribution in [3.05, 3.63) is 51.1 Å². The Balaban J connectivity index is 2.05. The minimum atomic E-state index is -0.191. The van der Waals surface area contributed by atoms with Crippen molar-refractivity contribution in [2.24, 2.45) is 0 Å². The number of aromatic nitrogens is 4. The maximum Gasteiger partial charge on any atom is 0.267 e. The zero-order valence-electron chi connectivity index (χ0n) is 9.08. The SMILES string of the molecule is O=c1cccnn1Cc1nc(Cl)c2ccsc2n1. The van der Waals surface area contributed by atoms with E-state index in [1.807, 2.05) is 11.4 Å². The normalized spacial score (nSPS) is 10.9. The van der Waals surface area contributed by atoms with Gasteiger partial charge in [-0.3, -0.25) is 4.79 Å². The standard InChI is InChI=1S/C11H7ClN4OS/c12-10-7-3-5-18-11(7)15-8(14-10)6-16-9(17)2-1-4-13-16/h1-5H,6H2. The Kier molecular flexibility index (Phi) is 2.81. The lowest BCUT2D eigenvalue weighted by Gasteiger charge is -2.03. The van der Waals surface area contributed by atoms with Crippen molar-refractivity contribution in [3.8, 4) is 0 Å². The number of hydrogen-bond donors (Lipinski definition) is 0. The third-order valence-corrected chi connectivity index (χ3v) is 3.50. The molecule has 0 unspecified atom stereocenters. The van der Waals surface area contributed by atoms with E-state index in [2.05, 4.69) is 15.1 Å². The van der Waals surface area contributed by atoms with Crippen LogP contribution in [-0.4, -0.2) is 19.7 Å². The lowest BCUT2D eigenvalue weighted by molar-refractivity contribution is 0.616. The van der Waals surface area contributed by atoms with E-state index >= 15 is 0 Å².